The van der Waals surface area contributed by atoms with Crippen molar-refractivity contribution in [1.29, 1.82) is 0 Å². The van der Waals surface area contributed by atoms with Gasteiger partial charge in [-0.2, -0.15) is 0 Å². The van der Waals surface area contributed by atoms with Crippen LogP contribution < -0.4 is 5.32 Å². The fourth-order valence-corrected chi connectivity index (χ4v) is 1.87. The maximum Gasteiger partial charge on any atom is 0.0614 e. The molecule has 0 saturated carbocycles. The van der Waals surface area contributed by atoms with E-state index in [4.69, 9.17) is 0 Å². The number of hydrogen-bond acceptors (Lipinski definition) is 4. The largest absolute Gasteiger partial charge is 0.771 e. The Morgan fingerprint density at radius 1 is 1.82 bits per heavy atom. The molecular weight excluding hydrogens is 164 g/mol. The summed E-state index contributed by atoms with van der Waals surface area (Å²) in [5, 5.41) is 3.12. The molecule has 11 heavy (non-hydrogen) atoms. The first-order valence-electron chi connectivity index (χ1n) is 3.68. The molecule has 0 aromatic carbocycles. The van der Waals surface area contributed by atoms with Crippen LogP contribution in [0.3, 0.4) is 0 Å². The Bertz CT molecular complexity index is 154. The molecule has 1 aliphatic heterocycles. The van der Waals surface area contributed by atoms with Gasteiger partial charge in [-0.1, -0.05) is 0 Å². The van der Waals surface area contributed by atoms with Crippen LogP contribution in [0.2, 0.25) is 0 Å². The molecule has 4 nitrogen and oxygen atoms in total. The molecule has 5 heteroatoms. The van der Waals surface area contributed by atoms with Crippen molar-refractivity contribution in [2.24, 2.45) is 0 Å². The summed E-state index contributed by atoms with van der Waals surface area (Å²) in [6.07, 6.45) is 1.05. The zero-order valence-electron chi connectivity index (χ0n) is 6.58. The summed E-state index contributed by atoms with van der Waals surface area (Å²) in [5.41, 5.74) is 0. The predicted octanol–water partition coefficient (Wildman–Crippen LogP) is -0.883. The highest BCUT2D eigenvalue weighted by Crippen LogP contribution is 2.07. The average molecular weight is 177 g/mol. The van der Waals surface area contributed by atoms with Gasteiger partial charge in [0, 0.05) is 19.1 Å². The van der Waals surface area contributed by atoms with E-state index in [9.17, 15) is 8.76 Å². The number of hydrogen-bond donors (Lipinski definition) is 1. The molecule has 1 N–H and O–H groups in total. The zero-order chi connectivity index (χ0) is 8.27. The van der Waals surface area contributed by atoms with E-state index in [0.717, 1.165) is 19.5 Å². The Morgan fingerprint density at radius 2 is 2.55 bits per heavy atom. The van der Waals surface area contributed by atoms with Gasteiger partial charge in [0.05, 0.1) is 5.88 Å². The number of likely N-dealkylation sites (N-methyl/N-ethyl adjacent to an activating group) is 1. The van der Waals surface area contributed by atoms with Crippen LogP contribution in [-0.4, -0.2) is 45.7 Å². The molecule has 0 aromatic rings. The summed E-state index contributed by atoms with van der Waals surface area (Å²) in [5.74, 6) is 0.179. The monoisotopic (exact) mass is 177 g/mol. The third-order valence-corrected chi connectivity index (χ3v) is 2.54. The topological polar surface area (TPSA) is 55.4 Å². The van der Waals surface area contributed by atoms with Crippen molar-refractivity contribution >= 4 is 11.1 Å². The Balaban J connectivity index is 2.24. The standard InChI is InChI=1S/C6H14N2O2S/c1-7-6-2-3-8(4-6)5-11(9)10/h6-7H,2-5H2,1H3,(H,9,10)/p-1. The lowest BCUT2D eigenvalue weighted by atomic mass is 10.3. The van der Waals surface area contributed by atoms with Crippen LogP contribution in [0.25, 0.3) is 0 Å². The summed E-state index contributed by atoms with van der Waals surface area (Å²) < 4.78 is 20.6. The maximum absolute atomic E-state index is 10.3. The van der Waals surface area contributed by atoms with Gasteiger partial charge < -0.3 is 9.87 Å². The Hall–Kier alpha value is 0.0300. The lowest BCUT2D eigenvalue weighted by Gasteiger charge is -2.16. The second-order valence-corrected chi connectivity index (χ2v) is 3.65. The molecule has 66 valence electrons. The fraction of sp³-hybridized carbons (Fsp3) is 1.00. The summed E-state index contributed by atoms with van der Waals surface area (Å²) in [7, 11) is 1.91. The van der Waals surface area contributed by atoms with Crippen molar-refractivity contribution in [3.05, 3.63) is 0 Å². The van der Waals surface area contributed by atoms with E-state index in [1.807, 2.05) is 11.9 Å². The van der Waals surface area contributed by atoms with Gasteiger partial charge in [-0.25, -0.2) is 0 Å². The van der Waals surface area contributed by atoms with Gasteiger partial charge in [0.1, 0.15) is 0 Å². The molecule has 2 atom stereocenters. The van der Waals surface area contributed by atoms with Gasteiger partial charge in [-0.05, 0) is 24.5 Å². The molecule has 1 saturated heterocycles. The predicted molar refractivity (Wildman–Crippen MR) is 42.8 cm³/mol. The van der Waals surface area contributed by atoms with Gasteiger partial charge in [0.15, 0.2) is 0 Å². The van der Waals surface area contributed by atoms with E-state index in [2.05, 4.69) is 5.32 Å². The van der Waals surface area contributed by atoms with Crippen LogP contribution in [0.4, 0.5) is 0 Å². The van der Waals surface area contributed by atoms with Crippen LogP contribution in [0.15, 0.2) is 0 Å². The Kier molecular flexibility index (Phi) is 3.45. The summed E-state index contributed by atoms with van der Waals surface area (Å²) >= 11 is -1.92. The third-order valence-electron chi connectivity index (χ3n) is 1.97. The lowest BCUT2D eigenvalue weighted by Crippen LogP contribution is -2.31. The van der Waals surface area contributed by atoms with Gasteiger partial charge in [0.2, 0.25) is 0 Å². The first-order valence-corrected chi connectivity index (χ1v) is 4.92. The minimum Gasteiger partial charge on any atom is -0.771 e. The normalized spacial score (nSPS) is 29.1. The quantitative estimate of drug-likeness (QED) is 0.569. The number of likely N-dealkylation sites (tertiary alicyclic amines) is 1. The number of rotatable bonds is 3. The summed E-state index contributed by atoms with van der Waals surface area (Å²) in [6, 6.07) is 0.471. The lowest BCUT2D eigenvalue weighted by molar-refractivity contribution is 0.370. The molecule has 0 spiro atoms. The van der Waals surface area contributed by atoms with E-state index in [1.54, 1.807) is 0 Å². The summed E-state index contributed by atoms with van der Waals surface area (Å²) in [6.45, 7) is 1.74. The molecule has 0 amide bonds. The van der Waals surface area contributed by atoms with Crippen molar-refractivity contribution in [2.75, 3.05) is 26.0 Å². The van der Waals surface area contributed by atoms with Gasteiger partial charge in [0.25, 0.3) is 0 Å². The van der Waals surface area contributed by atoms with Crippen molar-refractivity contribution in [1.82, 2.24) is 10.2 Å². The highest BCUT2D eigenvalue weighted by Gasteiger charge is 2.19. The van der Waals surface area contributed by atoms with Crippen molar-refractivity contribution in [2.45, 2.75) is 12.5 Å². The van der Waals surface area contributed by atoms with E-state index in [-0.39, 0.29) is 5.88 Å². The number of nitrogens with zero attached hydrogens (tertiary/aromatic N) is 1. The first kappa shape index (κ1) is 9.12. The highest BCUT2D eigenvalue weighted by molar-refractivity contribution is 7.79. The molecule has 0 bridgehead atoms. The zero-order valence-corrected chi connectivity index (χ0v) is 7.39. The molecule has 0 aliphatic carbocycles. The highest BCUT2D eigenvalue weighted by atomic mass is 32.2. The SMILES string of the molecule is CNC1CCN(CS(=O)[O-])C1. The molecule has 1 heterocycles. The first-order chi connectivity index (χ1) is 5.22. The molecule has 0 aromatic heterocycles. The fourth-order valence-electron chi connectivity index (χ4n) is 1.33. The van der Waals surface area contributed by atoms with Gasteiger partial charge >= 0.3 is 0 Å². The number of nitrogens with one attached hydrogen (secondary N) is 1. The molecule has 1 aliphatic rings. The van der Waals surface area contributed by atoms with Crippen molar-refractivity contribution in [3.8, 4) is 0 Å². The van der Waals surface area contributed by atoms with Crippen molar-refractivity contribution in [3.63, 3.8) is 0 Å². The van der Waals surface area contributed by atoms with Crippen LogP contribution in [0.5, 0.6) is 0 Å². The van der Waals surface area contributed by atoms with Gasteiger partial charge in [-0.15, -0.1) is 0 Å². The molecule has 1 fully saturated rings. The Labute approximate surface area is 69.2 Å². The third kappa shape index (κ3) is 2.86. The second-order valence-electron chi connectivity index (χ2n) is 2.78. The van der Waals surface area contributed by atoms with E-state index < -0.39 is 11.1 Å². The minimum absolute atomic E-state index is 0.179. The average Bonchev–Trinajstić information content (AvgIpc) is 2.34. The molecule has 2 unspecified atom stereocenters. The van der Waals surface area contributed by atoms with Crippen LogP contribution in [-0.2, 0) is 11.1 Å². The Morgan fingerprint density at radius 3 is 3.00 bits per heavy atom. The van der Waals surface area contributed by atoms with Crippen LogP contribution in [0.1, 0.15) is 6.42 Å². The molecular formula is C6H13N2O2S-. The van der Waals surface area contributed by atoms with E-state index in [0.29, 0.717) is 6.04 Å². The minimum atomic E-state index is -1.92. The molecule has 0 radical (unpaired) electrons. The maximum atomic E-state index is 10.3. The van der Waals surface area contributed by atoms with Crippen molar-refractivity contribution < 1.29 is 8.76 Å². The molecule has 1 rings (SSSR count). The van der Waals surface area contributed by atoms with Crippen LogP contribution >= 0.6 is 0 Å². The van der Waals surface area contributed by atoms with Crippen LogP contribution in [0, 0.1) is 0 Å². The van der Waals surface area contributed by atoms with E-state index in [1.165, 1.54) is 0 Å². The second kappa shape index (κ2) is 4.15. The van der Waals surface area contributed by atoms with Gasteiger partial charge in [-0.3, -0.25) is 9.11 Å². The summed E-state index contributed by atoms with van der Waals surface area (Å²) in [4.78, 5) is 1.93. The van der Waals surface area contributed by atoms with E-state index >= 15 is 0 Å². The smallest absolute Gasteiger partial charge is 0.0614 e.